The molecule has 1 saturated carbocycles. The van der Waals surface area contributed by atoms with E-state index in [0.717, 1.165) is 43.2 Å². The second-order valence-electron chi connectivity index (χ2n) is 7.39. The Bertz CT molecular complexity index is 817. The molecule has 1 heterocycles. The number of aliphatic imine (C=N–C) groups is 1. The predicted octanol–water partition coefficient (Wildman–Crippen LogP) is 2.35. The molecule has 1 aromatic carbocycles. The van der Waals surface area contributed by atoms with E-state index in [1.54, 1.807) is 14.2 Å². The number of rotatable bonds is 1. The number of hydrogen-bond acceptors (Lipinski definition) is 4. The Morgan fingerprint density at radius 1 is 1.40 bits per heavy atom. The normalized spacial score (nSPS) is 33.6. The van der Waals surface area contributed by atoms with E-state index in [-0.39, 0.29) is 23.4 Å². The first-order valence-electron chi connectivity index (χ1n) is 8.64. The van der Waals surface area contributed by atoms with Crippen molar-refractivity contribution in [3.63, 3.8) is 0 Å². The van der Waals surface area contributed by atoms with Gasteiger partial charge in [-0.2, -0.15) is 0 Å². The highest BCUT2D eigenvalue weighted by atomic mass is 16.5. The molecule has 1 aliphatic heterocycles. The van der Waals surface area contributed by atoms with Crippen molar-refractivity contribution in [1.29, 1.82) is 0 Å². The summed E-state index contributed by atoms with van der Waals surface area (Å²) in [6.45, 7) is 7.34. The molecule has 6 heteroatoms. The molecule has 2 aliphatic carbocycles. The van der Waals surface area contributed by atoms with Gasteiger partial charge in [-0.3, -0.25) is 9.69 Å². The van der Waals surface area contributed by atoms with E-state index in [1.165, 1.54) is 4.90 Å². The van der Waals surface area contributed by atoms with E-state index in [1.807, 2.05) is 18.2 Å². The molecule has 2 N–H and O–H groups in total. The average Bonchev–Trinajstić information content (AvgIpc) is 3.03. The van der Waals surface area contributed by atoms with Gasteiger partial charge in [0.1, 0.15) is 0 Å². The number of fused-ring (bicyclic) bond motifs is 3. The van der Waals surface area contributed by atoms with Gasteiger partial charge < -0.3 is 10.5 Å². The number of carbonyl (C=O) groups excluding carboxylic acids is 1. The molecule has 0 radical (unpaired) electrons. The fourth-order valence-electron chi connectivity index (χ4n) is 4.98. The van der Waals surface area contributed by atoms with Crippen molar-refractivity contribution in [2.45, 2.75) is 43.7 Å². The highest BCUT2D eigenvalue weighted by Gasteiger charge is 2.66. The van der Waals surface area contributed by atoms with Crippen LogP contribution in [-0.2, 0) is 21.5 Å². The van der Waals surface area contributed by atoms with Crippen molar-refractivity contribution in [3.05, 3.63) is 40.7 Å². The Kier molecular flexibility index (Phi) is 3.41. The number of benzene rings is 1. The van der Waals surface area contributed by atoms with Crippen LogP contribution in [0.5, 0.6) is 0 Å². The minimum atomic E-state index is -0.986. The fraction of sp³-hybridized carbons (Fsp3) is 0.526. The van der Waals surface area contributed by atoms with E-state index < -0.39 is 5.54 Å². The molecule has 1 atom stereocenters. The van der Waals surface area contributed by atoms with Crippen LogP contribution in [0.15, 0.2) is 23.2 Å². The number of amides is 1. The van der Waals surface area contributed by atoms with Crippen molar-refractivity contribution >= 4 is 17.6 Å². The van der Waals surface area contributed by atoms with E-state index in [4.69, 9.17) is 22.0 Å². The van der Waals surface area contributed by atoms with Gasteiger partial charge in [0.15, 0.2) is 17.2 Å². The first kappa shape index (κ1) is 16.1. The molecule has 2 spiro atoms. The van der Waals surface area contributed by atoms with E-state index in [0.29, 0.717) is 5.69 Å². The van der Waals surface area contributed by atoms with Gasteiger partial charge in [-0.1, -0.05) is 18.2 Å². The van der Waals surface area contributed by atoms with Crippen molar-refractivity contribution in [3.8, 4) is 0 Å². The predicted molar refractivity (Wildman–Crippen MR) is 94.2 cm³/mol. The molecule has 0 bridgehead atoms. The van der Waals surface area contributed by atoms with Gasteiger partial charge in [-0.25, -0.2) is 9.84 Å². The highest BCUT2D eigenvalue weighted by Crippen LogP contribution is 2.62. The fourth-order valence-corrected chi connectivity index (χ4v) is 4.98. The van der Waals surface area contributed by atoms with Gasteiger partial charge >= 0.3 is 0 Å². The number of ether oxygens (including phenoxy) is 1. The molecule has 130 valence electrons. The zero-order valence-electron chi connectivity index (χ0n) is 14.6. The van der Waals surface area contributed by atoms with Crippen molar-refractivity contribution in [2.24, 2.45) is 16.1 Å². The summed E-state index contributed by atoms with van der Waals surface area (Å²) >= 11 is 0. The highest BCUT2D eigenvalue weighted by molar-refractivity contribution is 6.08. The first-order valence-corrected chi connectivity index (χ1v) is 8.64. The van der Waals surface area contributed by atoms with Crippen LogP contribution < -0.4 is 5.73 Å². The van der Waals surface area contributed by atoms with Crippen LogP contribution in [0.4, 0.5) is 5.69 Å². The number of hydrogen-bond donors (Lipinski definition) is 1. The Morgan fingerprint density at radius 2 is 2.12 bits per heavy atom. The van der Waals surface area contributed by atoms with Gasteiger partial charge in [0.05, 0.1) is 12.7 Å². The lowest BCUT2D eigenvalue weighted by Gasteiger charge is -2.45. The van der Waals surface area contributed by atoms with Gasteiger partial charge in [-0.15, -0.1) is 0 Å². The first-order chi connectivity index (χ1) is 12.0. The molecule has 1 fully saturated rings. The number of nitrogens with zero attached hydrogens (tertiary/aromatic N) is 3. The Balaban J connectivity index is 1.90. The zero-order chi connectivity index (χ0) is 17.8. The van der Waals surface area contributed by atoms with Crippen LogP contribution in [0.2, 0.25) is 0 Å². The number of methoxy groups -OCH3 is 1. The molecule has 6 nitrogen and oxygen atoms in total. The van der Waals surface area contributed by atoms with Gasteiger partial charge in [0.2, 0.25) is 0 Å². The maximum atomic E-state index is 13.3. The summed E-state index contributed by atoms with van der Waals surface area (Å²) in [5.74, 6) is 0.195. The Labute approximate surface area is 147 Å². The molecule has 0 aromatic heterocycles. The van der Waals surface area contributed by atoms with Gasteiger partial charge in [-0.05, 0) is 43.2 Å². The van der Waals surface area contributed by atoms with Crippen molar-refractivity contribution in [1.82, 2.24) is 4.90 Å². The Morgan fingerprint density at radius 3 is 2.68 bits per heavy atom. The molecule has 0 unspecified atom stereocenters. The smallest absolute Gasteiger partial charge is 0.262 e. The summed E-state index contributed by atoms with van der Waals surface area (Å²) in [6, 6.07) is 5.65. The quantitative estimate of drug-likeness (QED) is 0.799. The maximum Gasteiger partial charge on any atom is 0.262 e. The maximum absolute atomic E-state index is 13.3. The van der Waals surface area contributed by atoms with Gasteiger partial charge in [0, 0.05) is 19.6 Å². The molecular weight excluding hydrogens is 316 g/mol. The lowest BCUT2D eigenvalue weighted by molar-refractivity contribution is -0.137. The molecule has 1 aromatic rings. The molecule has 4 rings (SSSR count). The monoisotopic (exact) mass is 338 g/mol. The van der Waals surface area contributed by atoms with Crippen molar-refractivity contribution in [2.75, 3.05) is 14.2 Å². The van der Waals surface area contributed by atoms with Crippen LogP contribution >= 0.6 is 0 Å². The summed E-state index contributed by atoms with van der Waals surface area (Å²) in [4.78, 5) is 23.1. The third-order valence-electron chi connectivity index (χ3n) is 6.37. The zero-order valence-corrected chi connectivity index (χ0v) is 14.6. The third kappa shape index (κ3) is 1.93. The van der Waals surface area contributed by atoms with E-state index in [2.05, 4.69) is 4.85 Å². The van der Waals surface area contributed by atoms with Crippen LogP contribution in [0.25, 0.3) is 4.85 Å². The summed E-state index contributed by atoms with van der Waals surface area (Å²) in [5.41, 5.74) is 7.32. The van der Waals surface area contributed by atoms with Crippen LogP contribution in [0.3, 0.4) is 0 Å². The summed E-state index contributed by atoms with van der Waals surface area (Å²) in [7, 11) is 3.43. The minimum absolute atomic E-state index is 0.0678. The third-order valence-corrected chi connectivity index (χ3v) is 6.37. The SMILES string of the molecule is [C-]#[N+]c1ccc2c(c1)[C@]1(N=C(N)N(C)C1=O)C1(CCC(OC)CC1)C2. The second kappa shape index (κ2) is 5.30. The molecule has 25 heavy (non-hydrogen) atoms. The standard InChI is InChI=1S/C19H22N4O2/c1-21-13-5-4-12-11-18(8-6-14(25-3)7-9-18)19(15(12)10-13)16(24)23(2)17(20)22-19/h4-5,10,14H,6-9,11H2,2-3H3,(H2,20,22)/t14?,18?,19-/m1/s1. The van der Waals surface area contributed by atoms with Gasteiger partial charge in [0.25, 0.3) is 5.91 Å². The lowest BCUT2D eigenvalue weighted by Crippen LogP contribution is -2.51. The average molecular weight is 338 g/mol. The summed E-state index contributed by atoms with van der Waals surface area (Å²) in [6.07, 6.45) is 4.59. The van der Waals surface area contributed by atoms with Crippen LogP contribution in [0.1, 0.15) is 36.8 Å². The van der Waals surface area contributed by atoms with E-state index in [9.17, 15) is 4.79 Å². The number of guanidine groups is 1. The summed E-state index contributed by atoms with van der Waals surface area (Å²) in [5, 5.41) is 0. The Hall–Kier alpha value is -2.39. The largest absolute Gasteiger partial charge is 0.381 e. The minimum Gasteiger partial charge on any atom is -0.381 e. The van der Waals surface area contributed by atoms with Crippen molar-refractivity contribution < 1.29 is 9.53 Å². The lowest BCUT2D eigenvalue weighted by atomic mass is 9.61. The number of carbonyl (C=O) groups is 1. The molecule has 0 saturated heterocycles. The topological polar surface area (TPSA) is 72.3 Å². The van der Waals surface area contributed by atoms with E-state index >= 15 is 0 Å². The van der Waals surface area contributed by atoms with Crippen LogP contribution in [0, 0.1) is 12.0 Å². The number of likely N-dealkylation sites (N-methyl/N-ethyl adjacent to an activating group) is 1. The number of nitrogens with two attached hydrogens (primary N) is 1. The molecular formula is C19H22N4O2. The molecule has 3 aliphatic rings. The summed E-state index contributed by atoms with van der Waals surface area (Å²) < 4.78 is 5.53. The molecule has 1 amide bonds. The van der Waals surface area contributed by atoms with Crippen LogP contribution in [-0.4, -0.2) is 37.0 Å². The second-order valence-corrected chi connectivity index (χ2v) is 7.39.